The summed E-state index contributed by atoms with van der Waals surface area (Å²) in [5.41, 5.74) is 0. The van der Waals surface area contributed by atoms with Gasteiger partial charge >= 0.3 is 0 Å². The maximum Gasteiger partial charge on any atom is 0.244 e. The van der Waals surface area contributed by atoms with Gasteiger partial charge < -0.3 is 9.73 Å². The van der Waals surface area contributed by atoms with Gasteiger partial charge in [-0.1, -0.05) is 0 Å². The molecule has 0 atom stereocenters. The lowest BCUT2D eigenvalue weighted by molar-refractivity contribution is 0.477. The van der Waals surface area contributed by atoms with Crippen LogP contribution in [-0.4, -0.2) is 37.3 Å². The molecule has 1 aliphatic rings. The molecule has 124 valence electrons. The Morgan fingerprint density at radius 1 is 1.22 bits per heavy atom. The number of aromatic nitrogens is 1. The summed E-state index contributed by atoms with van der Waals surface area (Å²) in [4.78, 5) is 4.45. The van der Waals surface area contributed by atoms with Crippen molar-refractivity contribution in [2.45, 2.75) is 24.2 Å². The van der Waals surface area contributed by atoms with E-state index in [4.69, 9.17) is 4.42 Å². The molecule has 0 bridgehead atoms. The first-order chi connectivity index (χ1) is 11.1. The molecule has 1 N–H and O–H groups in total. The lowest BCUT2D eigenvalue weighted by Gasteiger charge is -2.15. The fourth-order valence-corrected chi connectivity index (χ4v) is 4.32. The van der Waals surface area contributed by atoms with E-state index in [-0.39, 0.29) is 4.90 Å². The third kappa shape index (κ3) is 3.94. The number of pyridine rings is 1. The Morgan fingerprint density at radius 3 is 2.61 bits per heavy atom. The van der Waals surface area contributed by atoms with Crippen LogP contribution in [0.4, 0.5) is 5.82 Å². The zero-order chi connectivity index (χ0) is 16.3. The van der Waals surface area contributed by atoms with Crippen molar-refractivity contribution in [2.75, 3.05) is 25.0 Å². The third-order valence-corrected chi connectivity index (χ3v) is 6.05. The maximum absolute atomic E-state index is 12.4. The Morgan fingerprint density at radius 2 is 2.00 bits per heavy atom. The first-order valence-electron chi connectivity index (χ1n) is 7.50. The second-order valence-corrected chi connectivity index (χ2v) is 8.09. The second kappa shape index (κ2) is 7.02. The SMILES string of the molecule is O=S(=O)(c1ccc(NCCc2ccc(Br)o2)nc1)N1CCCC1. The highest BCUT2D eigenvalue weighted by atomic mass is 79.9. The summed E-state index contributed by atoms with van der Waals surface area (Å²) in [7, 11) is -3.39. The average molecular weight is 400 g/mol. The van der Waals surface area contributed by atoms with Gasteiger partial charge in [0, 0.05) is 32.3 Å². The van der Waals surface area contributed by atoms with Gasteiger partial charge in [-0.05, 0) is 53.0 Å². The summed E-state index contributed by atoms with van der Waals surface area (Å²) in [6.45, 7) is 1.85. The van der Waals surface area contributed by atoms with Crippen LogP contribution in [0.2, 0.25) is 0 Å². The number of furan rings is 1. The van der Waals surface area contributed by atoms with Gasteiger partial charge in [0.1, 0.15) is 16.5 Å². The van der Waals surface area contributed by atoms with Crippen LogP contribution in [0, 0.1) is 0 Å². The maximum atomic E-state index is 12.4. The average Bonchev–Trinajstić information content (AvgIpc) is 3.20. The van der Waals surface area contributed by atoms with Gasteiger partial charge in [-0.2, -0.15) is 4.31 Å². The van der Waals surface area contributed by atoms with Crippen molar-refractivity contribution in [1.29, 1.82) is 0 Å². The van der Waals surface area contributed by atoms with Gasteiger partial charge in [0.25, 0.3) is 0 Å². The number of halogens is 1. The second-order valence-electron chi connectivity index (χ2n) is 5.37. The molecule has 0 unspecified atom stereocenters. The molecule has 3 heterocycles. The third-order valence-electron chi connectivity index (χ3n) is 3.75. The summed E-state index contributed by atoms with van der Waals surface area (Å²) in [6.07, 6.45) is 3.99. The van der Waals surface area contributed by atoms with Crippen LogP contribution < -0.4 is 5.32 Å². The lowest BCUT2D eigenvalue weighted by atomic mass is 10.3. The molecule has 0 saturated carbocycles. The Hall–Kier alpha value is -1.38. The fraction of sp³-hybridized carbons (Fsp3) is 0.400. The van der Waals surface area contributed by atoms with E-state index >= 15 is 0 Å². The van der Waals surface area contributed by atoms with Crippen LogP contribution in [0.15, 0.2) is 44.4 Å². The van der Waals surface area contributed by atoms with E-state index in [0.29, 0.717) is 30.1 Å². The van der Waals surface area contributed by atoms with Gasteiger partial charge in [0.15, 0.2) is 4.67 Å². The number of sulfonamides is 1. The zero-order valence-electron chi connectivity index (χ0n) is 12.5. The van der Waals surface area contributed by atoms with Gasteiger partial charge in [-0.15, -0.1) is 0 Å². The van der Waals surface area contributed by atoms with Crippen LogP contribution in [0.25, 0.3) is 0 Å². The highest BCUT2D eigenvalue weighted by Gasteiger charge is 2.27. The van der Waals surface area contributed by atoms with Crippen LogP contribution in [-0.2, 0) is 16.4 Å². The van der Waals surface area contributed by atoms with Crippen LogP contribution in [0.5, 0.6) is 0 Å². The normalized spacial score (nSPS) is 15.9. The molecule has 0 spiro atoms. The summed E-state index contributed by atoms with van der Waals surface area (Å²) in [5.74, 6) is 1.52. The molecule has 0 aliphatic carbocycles. The molecule has 3 rings (SSSR count). The van der Waals surface area contributed by atoms with Crippen LogP contribution in [0.3, 0.4) is 0 Å². The summed E-state index contributed by atoms with van der Waals surface area (Å²) < 4.78 is 32.4. The molecule has 2 aromatic heterocycles. The van der Waals surface area contributed by atoms with Gasteiger partial charge in [-0.25, -0.2) is 13.4 Å². The zero-order valence-corrected chi connectivity index (χ0v) is 14.9. The van der Waals surface area contributed by atoms with E-state index in [1.54, 1.807) is 12.1 Å². The number of nitrogens with one attached hydrogen (secondary N) is 1. The summed E-state index contributed by atoms with van der Waals surface area (Å²) in [6, 6.07) is 7.06. The van der Waals surface area contributed by atoms with Crippen molar-refractivity contribution >= 4 is 31.8 Å². The highest BCUT2D eigenvalue weighted by Crippen LogP contribution is 2.21. The molecule has 0 radical (unpaired) electrons. The minimum Gasteiger partial charge on any atom is -0.454 e. The molecule has 2 aromatic rings. The molecular formula is C15H18BrN3O3S. The molecular weight excluding hydrogens is 382 g/mol. The molecule has 1 aliphatic heterocycles. The van der Waals surface area contributed by atoms with E-state index < -0.39 is 10.0 Å². The van der Waals surface area contributed by atoms with Crippen molar-refractivity contribution in [2.24, 2.45) is 0 Å². The van der Waals surface area contributed by atoms with Crippen LogP contribution >= 0.6 is 15.9 Å². The van der Waals surface area contributed by atoms with Crippen LogP contribution in [0.1, 0.15) is 18.6 Å². The number of anilines is 1. The first-order valence-corrected chi connectivity index (χ1v) is 9.73. The lowest BCUT2D eigenvalue weighted by Crippen LogP contribution is -2.27. The van der Waals surface area contributed by atoms with E-state index in [1.807, 2.05) is 12.1 Å². The largest absolute Gasteiger partial charge is 0.454 e. The first kappa shape index (κ1) is 16.5. The van der Waals surface area contributed by atoms with Crippen molar-refractivity contribution in [1.82, 2.24) is 9.29 Å². The smallest absolute Gasteiger partial charge is 0.244 e. The fourth-order valence-electron chi connectivity index (χ4n) is 2.51. The highest BCUT2D eigenvalue weighted by molar-refractivity contribution is 9.10. The molecule has 0 amide bonds. The molecule has 8 heteroatoms. The molecule has 0 aromatic carbocycles. The molecule has 23 heavy (non-hydrogen) atoms. The van der Waals surface area contributed by atoms with Crippen molar-refractivity contribution in [3.63, 3.8) is 0 Å². The van der Waals surface area contributed by atoms with E-state index in [0.717, 1.165) is 25.0 Å². The molecule has 6 nitrogen and oxygen atoms in total. The van der Waals surface area contributed by atoms with E-state index in [2.05, 4.69) is 26.2 Å². The Bertz CT molecular complexity index is 753. The predicted molar refractivity (Wildman–Crippen MR) is 90.8 cm³/mol. The van der Waals surface area contributed by atoms with Crippen molar-refractivity contribution in [3.05, 3.63) is 40.9 Å². The minimum absolute atomic E-state index is 0.250. The monoisotopic (exact) mass is 399 g/mol. The van der Waals surface area contributed by atoms with Crippen molar-refractivity contribution < 1.29 is 12.8 Å². The van der Waals surface area contributed by atoms with Crippen molar-refractivity contribution in [3.8, 4) is 0 Å². The molecule has 1 saturated heterocycles. The number of hydrogen-bond donors (Lipinski definition) is 1. The Balaban J connectivity index is 1.58. The standard InChI is InChI=1S/C15H18BrN3O3S/c16-14-5-3-12(22-14)7-8-17-15-6-4-13(11-18-15)23(20,21)19-9-1-2-10-19/h3-6,11H,1-2,7-10H2,(H,17,18). The predicted octanol–water partition coefficient (Wildman–Crippen LogP) is 2.88. The number of rotatable bonds is 6. The Kier molecular flexibility index (Phi) is 5.03. The Labute approximate surface area is 144 Å². The quantitative estimate of drug-likeness (QED) is 0.807. The topological polar surface area (TPSA) is 75.4 Å². The van der Waals surface area contributed by atoms with Gasteiger partial charge in [-0.3, -0.25) is 0 Å². The molecule has 1 fully saturated rings. The van der Waals surface area contributed by atoms with E-state index in [9.17, 15) is 8.42 Å². The van der Waals surface area contributed by atoms with E-state index in [1.165, 1.54) is 10.5 Å². The minimum atomic E-state index is -3.39. The van der Waals surface area contributed by atoms with Gasteiger partial charge in [0.2, 0.25) is 10.0 Å². The number of nitrogens with zero attached hydrogens (tertiary/aromatic N) is 2. The number of hydrogen-bond acceptors (Lipinski definition) is 5. The van der Waals surface area contributed by atoms with Gasteiger partial charge in [0.05, 0.1) is 0 Å². The summed E-state index contributed by atoms with van der Waals surface area (Å²) in [5, 5.41) is 3.16. The summed E-state index contributed by atoms with van der Waals surface area (Å²) >= 11 is 3.26.